The standard InChI is InChI=1S/C24H28F4N3O5PS/c25-19-8-5-7-16(12-19)6-3-1-2-4-11-35-21-10-9-17(13-20(21)24(26,27)28)22-30-31-23(38-22)18(14-29)15-36-37(32,33)34/h5,7-10,12-13,18H,1-4,6,11,14-15,29H2,(H2,32,33,34). The molecule has 3 rings (SSSR count). The summed E-state index contributed by atoms with van der Waals surface area (Å²) in [6.07, 6.45) is -0.926. The highest BCUT2D eigenvalue weighted by molar-refractivity contribution is 7.46. The molecule has 2 aromatic carbocycles. The molecule has 208 valence electrons. The predicted molar refractivity (Wildman–Crippen MR) is 134 cm³/mol. The lowest BCUT2D eigenvalue weighted by Crippen LogP contribution is -2.17. The maximum atomic E-state index is 13.8. The number of nitrogens with zero attached hydrogens (tertiary/aromatic N) is 2. The first kappa shape index (κ1) is 30.1. The van der Waals surface area contributed by atoms with Gasteiger partial charge in [-0.2, -0.15) is 13.2 Å². The number of rotatable bonds is 14. The summed E-state index contributed by atoms with van der Waals surface area (Å²) in [5.41, 5.74) is 5.75. The summed E-state index contributed by atoms with van der Waals surface area (Å²) in [6.45, 7) is -0.357. The second kappa shape index (κ2) is 13.6. The number of alkyl halides is 3. The molecule has 1 unspecified atom stereocenters. The zero-order valence-corrected chi connectivity index (χ0v) is 21.9. The number of aryl methyl sites for hydroxylation is 1. The number of hydrogen-bond acceptors (Lipinski definition) is 7. The first-order valence-corrected chi connectivity index (χ1v) is 14.1. The number of aromatic nitrogens is 2. The van der Waals surface area contributed by atoms with Gasteiger partial charge in [-0.25, -0.2) is 8.96 Å². The Balaban J connectivity index is 1.57. The van der Waals surface area contributed by atoms with Gasteiger partial charge in [0.15, 0.2) is 0 Å². The summed E-state index contributed by atoms with van der Waals surface area (Å²) >= 11 is 0.958. The van der Waals surface area contributed by atoms with Crippen molar-refractivity contribution in [2.24, 2.45) is 5.73 Å². The third-order valence-electron chi connectivity index (χ3n) is 5.56. The lowest BCUT2D eigenvalue weighted by molar-refractivity contribution is -0.138. The fourth-order valence-electron chi connectivity index (χ4n) is 3.61. The molecule has 0 spiro atoms. The van der Waals surface area contributed by atoms with E-state index in [0.29, 0.717) is 6.42 Å². The molecule has 1 atom stereocenters. The maximum Gasteiger partial charge on any atom is 0.469 e. The minimum atomic E-state index is -4.72. The molecule has 0 aliphatic heterocycles. The summed E-state index contributed by atoms with van der Waals surface area (Å²) in [4.78, 5) is 17.8. The van der Waals surface area contributed by atoms with E-state index in [-0.39, 0.29) is 40.3 Å². The van der Waals surface area contributed by atoms with Crippen molar-refractivity contribution in [1.82, 2.24) is 10.2 Å². The molecule has 0 amide bonds. The number of benzene rings is 2. The molecule has 0 saturated heterocycles. The minimum Gasteiger partial charge on any atom is -0.493 e. The first-order chi connectivity index (χ1) is 18.0. The average molecular weight is 578 g/mol. The van der Waals surface area contributed by atoms with Crippen molar-refractivity contribution in [3.8, 4) is 16.3 Å². The van der Waals surface area contributed by atoms with Crippen LogP contribution in [0.3, 0.4) is 0 Å². The van der Waals surface area contributed by atoms with Crippen LogP contribution in [0.25, 0.3) is 10.6 Å². The SMILES string of the molecule is NCC(COP(=O)(O)O)c1nnc(-c2ccc(OCCCCCCc3cccc(F)c3)c(C(F)(F)F)c2)s1. The minimum absolute atomic E-state index is 0.0555. The highest BCUT2D eigenvalue weighted by atomic mass is 32.1. The first-order valence-electron chi connectivity index (χ1n) is 11.8. The summed E-state index contributed by atoms with van der Waals surface area (Å²) in [5.74, 6) is -1.26. The van der Waals surface area contributed by atoms with Crippen LogP contribution in [0.5, 0.6) is 5.75 Å². The van der Waals surface area contributed by atoms with Crippen molar-refractivity contribution in [1.29, 1.82) is 0 Å². The van der Waals surface area contributed by atoms with Crippen LogP contribution in [-0.4, -0.2) is 39.7 Å². The van der Waals surface area contributed by atoms with E-state index in [9.17, 15) is 22.1 Å². The molecule has 0 aliphatic rings. The fraction of sp³-hybridized carbons (Fsp3) is 0.417. The number of halogens is 4. The average Bonchev–Trinajstić information content (AvgIpc) is 3.33. The van der Waals surface area contributed by atoms with Crippen molar-refractivity contribution >= 4 is 19.2 Å². The van der Waals surface area contributed by atoms with Gasteiger partial charge in [-0.05, 0) is 55.2 Å². The van der Waals surface area contributed by atoms with E-state index >= 15 is 0 Å². The lowest BCUT2D eigenvalue weighted by atomic mass is 10.1. The summed E-state index contributed by atoms with van der Waals surface area (Å²) in [6, 6.07) is 10.0. The van der Waals surface area contributed by atoms with Crippen molar-refractivity contribution in [3.05, 3.63) is 64.4 Å². The number of phosphoric ester groups is 1. The van der Waals surface area contributed by atoms with Crippen LogP contribution in [0.1, 0.15) is 47.7 Å². The van der Waals surface area contributed by atoms with Gasteiger partial charge in [0.25, 0.3) is 0 Å². The van der Waals surface area contributed by atoms with Gasteiger partial charge in [-0.15, -0.1) is 10.2 Å². The normalized spacial score (nSPS) is 13.0. The largest absolute Gasteiger partial charge is 0.493 e. The van der Waals surface area contributed by atoms with Gasteiger partial charge in [0.05, 0.1) is 18.8 Å². The molecule has 8 nitrogen and oxygen atoms in total. The molecule has 1 heterocycles. The Bertz CT molecular complexity index is 1240. The van der Waals surface area contributed by atoms with E-state index in [1.807, 2.05) is 6.07 Å². The van der Waals surface area contributed by atoms with Gasteiger partial charge in [0.1, 0.15) is 21.6 Å². The Kier molecular flexibility index (Phi) is 10.8. The highest BCUT2D eigenvalue weighted by Crippen LogP contribution is 2.41. The molecule has 3 aromatic rings. The zero-order valence-electron chi connectivity index (χ0n) is 20.2. The van der Waals surface area contributed by atoms with Crippen LogP contribution in [0.4, 0.5) is 17.6 Å². The number of phosphoric acid groups is 1. The van der Waals surface area contributed by atoms with Crippen LogP contribution in [-0.2, 0) is 21.7 Å². The molecule has 0 saturated carbocycles. The fourth-order valence-corrected chi connectivity index (χ4v) is 4.92. The Morgan fingerprint density at radius 2 is 1.82 bits per heavy atom. The molecule has 0 radical (unpaired) electrons. The summed E-state index contributed by atoms with van der Waals surface area (Å²) in [7, 11) is -4.72. The van der Waals surface area contributed by atoms with Gasteiger partial charge < -0.3 is 20.3 Å². The topological polar surface area (TPSA) is 128 Å². The van der Waals surface area contributed by atoms with Crippen molar-refractivity contribution < 1.29 is 41.2 Å². The van der Waals surface area contributed by atoms with Crippen LogP contribution in [0.2, 0.25) is 0 Å². The van der Waals surface area contributed by atoms with Gasteiger partial charge in [-0.3, -0.25) is 4.52 Å². The maximum absolute atomic E-state index is 13.8. The third-order valence-corrected chi connectivity index (χ3v) is 7.18. The van der Waals surface area contributed by atoms with Gasteiger partial charge in [0.2, 0.25) is 0 Å². The molecule has 4 N–H and O–H groups in total. The monoisotopic (exact) mass is 577 g/mol. The number of hydrogen-bond donors (Lipinski definition) is 3. The molecular weight excluding hydrogens is 549 g/mol. The number of unbranched alkanes of at least 4 members (excludes halogenated alkanes) is 3. The lowest BCUT2D eigenvalue weighted by Gasteiger charge is -2.15. The second-order valence-corrected chi connectivity index (χ2v) is 10.8. The van der Waals surface area contributed by atoms with Crippen LogP contribution < -0.4 is 10.5 Å². The molecule has 0 bridgehead atoms. The predicted octanol–water partition coefficient (Wildman–Crippen LogP) is 5.70. The van der Waals surface area contributed by atoms with E-state index in [2.05, 4.69) is 14.7 Å². The third kappa shape index (κ3) is 9.40. The van der Waals surface area contributed by atoms with E-state index < -0.39 is 32.1 Å². The molecular formula is C24H28F4N3O5PS. The van der Waals surface area contributed by atoms with Gasteiger partial charge in [0, 0.05) is 18.0 Å². The zero-order chi connectivity index (χ0) is 27.8. The Morgan fingerprint density at radius 3 is 2.50 bits per heavy atom. The van der Waals surface area contributed by atoms with Crippen molar-refractivity contribution in [2.75, 3.05) is 19.8 Å². The molecule has 0 fully saturated rings. The summed E-state index contributed by atoms with van der Waals surface area (Å²) in [5, 5.41) is 8.29. The van der Waals surface area contributed by atoms with E-state index in [0.717, 1.165) is 48.6 Å². The smallest absolute Gasteiger partial charge is 0.469 e. The van der Waals surface area contributed by atoms with Crippen molar-refractivity contribution in [3.63, 3.8) is 0 Å². The Hall–Kier alpha value is -2.41. The van der Waals surface area contributed by atoms with Gasteiger partial charge in [-0.1, -0.05) is 36.3 Å². The molecule has 0 aliphatic carbocycles. The van der Waals surface area contributed by atoms with Gasteiger partial charge >= 0.3 is 14.0 Å². The Morgan fingerprint density at radius 1 is 1.05 bits per heavy atom. The molecule has 1 aromatic heterocycles. The number of nitrogens with two attached hydrogens (primary N) is 1. The van der Waals surface area contributed by atoms with E-state index in [1.165, 1.54) is 24.3 Å². The van der Waals surface area contributed by atoms with E-state index in [4.69, 9.17) is 20.3 Å². The van der Waals surface area contributed by atoms with Crippen LogP contribution in [0, 0.1) is 5.82 Å². The Labute approximate surface area is 221 Å². The van der Waals surface area contributed by atoms with Crippen LogP contribution in [0.15, 0.2) is 42.5 Å². The quantitative estimate of drug-likeness (QED) is 0.127. The second-order valence-electron chi connectivity index (χ2n) is 8.52. The van der Waals surface area contributed by atoms with Crippen LogP contribution >= 0.6 is 19.2 Å². The highest BCUT2D eigenvalue weighted by Gasteiger charge is 2.35. The molecule has 14 heteroatoms. The van der Waals surface area contributed by atoms with Crippen molar-refractivity contribution in [2.45, 2.75) is 44.2 Å². The number of ether oxygens (including phenoxy) is 1. The summed E-state index contributed by atoms with van der Waals surface area (Å²) < 4.78 is 75.4. The molecule has 38 heavy (non-hydrogen) atoms. The van der Waals surface area contributed by atoms with E-state index in [1.54, 1.807) is 6.07 Å².